The summed E-state index contributed by atoms with van der Waals surface area (Å²) < 4.78 is 0. The molecular formula is C17H15ClN6O3. The van der Waals surface area contributed by atoms with E-state index in [4.69, 9.17) is 11.6 Å². The molecule has 0 aliphatic carbocycles. The van der Waals surface area contributed by atoms with Gasteiger partial charge in [0.1, 0.15) is 12.2 Å². The zero-order valence-electron chi connectivity index (χ0n) is 14.5. The fourth-order valence-electron chi connectivity index (χ4n) is 2.42. The van der Waals surface area contributed by atoms with Crippen molar-refractivity contribution in [2.24, 2.45) is 0 Å². The van der Waals surface area contributed by atoms with Gasteiger partial charge in [0.2, 0.25) is 11.7 Å². The van der Waals surface area contributed by atoms with Crippen molar-refractivity contribution in [1.82, 2.24) is 20.2 Å². The summed E-state index contributed by atoms with van der Waals surface area (Å²) >= 11 is 5.94. The number of anilines is 1. The summed E-state index contributed by atoms with van der Waals surface area (Å²) in [6.07, 6.45) is 0. The van der Waals surface area contributed by atoms with Gasteiger partial charge in [0.15, 0.2) is 0 Å². The number of benzene rings is 2. The average molecular weight is 387 g/mol. The smallest absolute Gasteiger partial charge is 0.293 e. The minimum Gasteiger partial charge on any atom is -0.319 e. The lowest BCUT2D eigenvalue weighted by atomic mass is 10.1. The number of halogens is 1. The highest BCUT2D eigenvalue weighted by molar-refractivity contribution is 6.30. The monoisotopic (exact) mass is 386 g/mol. The van der Waals surface area contributed by atoms with Gasteiger partial charge in [-0.1, -0.05) is 23.7 Å². The van der Waals surface area contributed by atoms with Gasteiger partial charge >= 0.3 is 0 Å². The summed E-state index contributed by atoms with van der Waals surface area (Å²) in [5, 5.41) is 26.1. The van der Waals surface area contributed by atoms with E-state index in [9.17, 15) is 14.9 Å². The van der Waals surface area contributed by atoms with Gasteiger partial charge in [-0.3, -0.25) is 14.9 Å². The van der Waals surface area contributed by atoms with Crippen molar-refractivity contribution in [3.05, 3.63) is 62.7 Å². The molecular weight excluding hydrogens is 372 g/mol. The largest absolute Gasteiger partial charge is 0.319 e. The Kier molecular flexibility index (Phi) is 5.13. The Morgan fingerprint density at radius 1 is 1.26 bits per heavy atom. The molecule has 0 aliphatic rings. The first-order chi connectivity index (χ1) is 12.8. The fourth-order valence-corrected chi connectivity index (χ4v) is 2.61. The van der Waals surface area contributed by atoms with Crippen molar-refractivity contribution in [3.63, 3.8) is 0 Å². The van der Waals surface area contributed by atoms with E-state index >= 15 is 0 Å². The van der Waals surface area contributed by atoms with Crippen LogP contribution in [0.4, 0.5) is 11.4 Å². The zero-order chi connectivity index (χ0) is 19.6. The minimum absolute atomic E-state index is 0.128. The van der Waals surface area contributed by atoms with Gasteiger partial charge in [-0.25, -0.2) is 0 Å². The van der Waals surface area contributed by atoms with Gasteiger partial charge in [-0.15, -0.1) is 10.2 Å². The predicted octanol–water partition coefficient (Wildman–Crippen LogP) is 3.16. The molecule has 27 heavy (non-hydrogen) atoms. The number of tetrazole rings is 1. The first kappa shape index (κ1) is 18.5. The molecule has 1 heterocycles. The number of carbonyl (C=O) groups excluding carboxylic acids is 1. The molecule has 0 unspecified atom stereocenters. The highest BCUT2D eigenvalue weighted by Gasteiger charge is 2.18. The quantitative estimate of drug-likeness (QED) is 0.531. The van der Waals surface area contributed by atoms with Crippen molar-refractivity contribution in [1.29, 1.82) is 0 Å². The molecule has 0 saturated heterocycles. The van der Waals surface area contributed by atoms with Crippen LogP contribution < -0.4 is 5.32 Å². The molecule has 1 aromatic heterocycles. The summed E-state index contributed by atoms with van der Waals surface area (Å²) in [4.78, 5) is 24.1. The highest BCUT2D eigenvalue weighted by atomic mass is 35.5. The molecule has 1 amide bonds. The van der Waals surface area contributed by atoms with Crippen LogP contribution in [0.5, 0.6) is 0 Å². The molecule has 3 aromatic rings. The lowest BCUT2D eigenvalue weighted by Gasteiger charge is -2.08. The summed E-state index contributed by atoms with van der Waals surface area (Å²) in [6, 6.07) is 9.92. The maximum Gasteiger partial charge on any atom is 0.293 e. The Hall–Kier alpha value is -3.33. The number of rotatable bonds is 5. The van der Waals surface area contributed by atoms with Crippen LogP contribution in [0, 0.1) is 24.0 Å². The van der Waals surface area contributed by atoms with Gasteiger partial charge in [0, 0.05) is 16.7 Å². The van der Waals surface area contributed by atoms with E-state index in [2.05, 4.69) is 20.7 Å². The maximum absolute atomic E-state index is 12.3. The van der Waals surface area contributed by atoms with Crippen LogP contribution in [0.2, 0.25) is 5.02 Å². The van der Waals surface area contributed by atoms with Crippen molar-refractivity contribution in [2.45, 2.75) is 20.4 Å². The van der Waals surface area contributed by atoms with E-state index in [1.165, 1.54) is 6.07 Å². The molecule has 9 nitrogen and oxygen atoms in total. The molecule has 2 aromatic carbocycles. The Balaban J connectivity index is 1.76. The van der Waals surface area contributed by atoms with Crippen LogP contribution in [0.25, 0.3) is 11.4 Å². The van der Waals surface area contributed by atoms with Crippen LogP contribution in [-0.2, 0) is 11.3 Å². The summed E-state index contributed by atoms with van der Waals surface area (Å²) in [5.41, 5.74) is 2.22. The predicted molar refractivity (Wildman–Crippen MR) is 99.5 cm³/mol. The fraction of sp³-hybridized carbons (Fsp3) is 0.176. The standard InChI is InChI=1S/C17H15ClN6O3/c1-10-6-14(15(24(26)27)7-11(10)2)19-16(25)9-23-21-17(20-22-23)12-4-3-5-13(18)8-12/h3-8H,9H2,1-2H3,(H,19,25). The van der Waals surface area contributed by atoms with E-state index in [0.717, 1.165) is 15.9 Å². The van der Waals surface area contributed by atoms with Crippen LogP contribution in [0.15, 0.2) is 36.4 Å². The van der Waals surface area contributed by atoms with Crippen molar-refractivity contribution in [3.8, 4) is 11.4 Å². The minimum atomic E-state index is -0.535. The molecule has 0 bridgehead atoms. The number of aromatic nitrogens is 4. The normalized spacial score (nSPS) is 10.6. The summed E-state index contributed by atoms with van der Waals surface area (Å²) in [5.74, 6) is -0.182. The Bertz CT molecular complexity index is 1030. The maximum atomic E-state index is 12.3. The number of nitrogens with one attached hydrogen (secondary N) is 1. The molecule has 0 saturated carbocycles. The molecule has 0 atom stereocenters. The number of hydrogen-bond donors (Lipinski definition) is 1. The summed E-state index contributed by atoms with van der Waals surface area (Å²) in [7, 11) is 0. The first-order valence-corrected chi connectivity index (χ1v) is 8.30. The second kappa shape index (κ2) is 7.50. The Morgan fingerprint density at radius 2 is 2.00 bits per heavy atom. The third-order valence-electron chi connectivity index (χ3n) is 3.90. The SMILES string of the molecule is Cc1cc(NC(=O)Cn2nnc(-c3cccc(Cl)c3)n2)c([N+](=O)[O-])cc1C. The lowest BCUT2D eigenvalue weighted by Crippen LogP contribution is -2.21. The van der Waals surface area contributed by atoms with E-state index in [-0.39, 0.29) is 17.9 Å². The second-order valence-electron chi connectivity index (χ2n) is 5.91. The molecule has 0 aliphatic heterocycles. The molecule has 10 heteroatoms. The van der Waals surface area contributed by atoms with Crippen LogP contribution in [-0.4, -0.2) is 31.0 Å². The van der Waals surface area contributed by atoms with Gasteiger partial charge in [-0.05, 0) is 48.4 Å². The third-order valence-corrected chi connectivity index (χ3v) is 4.14. The number of amides is 1. The van der Waals surface area contributed by atoms with Crippen molar-refractivity contribution >= 4 is 28.9 Å². The van der Waals surface area contributed by atoms with Gasteiger partial charge in [-0.2, -0.15) is 4.80 Å². The van der Waals surface area contributed by atoms with E-state index in [0.29, 0.717) is 16.4 Å². The van der Waals surface area contributed by atoms with E-state index < -0.39 is 10.8 Å². The van der Waals surface area contributed by atoms with Crippen LogP contribution >= 0.6 is 11.6 Å². The number of aryl methyl sites for hydroxylation is 2. The topological polar surface area (TPSA) is 116 Å². The molecule has 1 N–H and O–H groups in total. The Labute approximate surface area is 159 Å². The van der Waals surface area contributed by atoms with Crippen molar-refractivity contribution < 1.29 is 9.72 Å². The Morgan fingerprint density at radius 3 is 2.70 bits per heavy atom. The number of hydrogen-bond acceptors (Lipinski definition) is 6. The molecule has 0 fully saturated rings. The molecule has 0 radical (unpaired) electrons. The highest BCUT2D eigenvalue weighted by Crippen LogP contribution is 2.28. The van der Waals surface area contributed by atoms with E-state index in [1.807, 2.05) is 6.92 Å². The molecule has 3 rings (SSSR count). The number of nitro benzene ring substituents is 1. The second-order valence-corrected chi connectivity index (χ2v) is 6.35. The van der Waals surface area contributed by atoms with E-state index in [1.54, 1.807) is 37.3 Å². The van der Waals surface area contributed by atoms with Gasteiger partial charge in [0.05, 0.1) is 4.92 Å². The number of nitrogens with zero attached hydrogens (tertiary/aromatic N) is 5. The lowest BCUT2D eigenvalue weighted by molar-refractivity contribution is -0.384. The van der Waals surface area contributed by atoms with Crippen LogP contribution in [0.3, 0.4) is 0 Å². The molecule has 0 spiro atoms. The number of nitro groups is 1. The van der Waals surface area contributed by atoms with Gasteiger partial charge < -0.3 is 5.32 Å². The number of carbonyl (C=O) groups is 1. The third kappa shape index (κ3) is 4.26. The van der Waals surface area contributed by atoms with Crippen molar-refractivity contribution in [2.75, 3.05) is 5.32 Å². The first-order valence-electron chi connectivity index (χ1n) is 7.92. The average Bonchev–Trinajstić information content (AvgIpc) is 3.06. The van der Waals surface area contributed by atoms with Gasteiger partial charge in [0.25, 0.3) is 5.69 Å². The summed E-state index contributed by atoms with van der Waals surface area (Å²) in [6.45, 7) is 3.34. The zero-order valence-corrected chi connectivity index (χ0v) is 15.3. The van der Waals surface area contributed by atoms with Crippen LogP contribution in [0.1, 0.15) is 11.1 Å². The molecule has 138 valence electrons.